The molecule has 0 aliphatic carbocycles. The van der Waals surface area contributed by atoms with Crippen molar-refractivity contribution in [1.82, 2.24) is 4.57 Å². The molecular weight excluding hydrogens is 388 g/mol. The van der Waals surface area contributed by atoms with Crippen LogP contribution in [0.2, 0.25) is 0 Å². The van der Waals surface area contributed by atoms with Crippen LogP contribution in [0.25, 0.3) is 0 Å². The summed E-state index contributed by atoms with van der Waals surface area (Å²) in [5, 5.41) is 4.63. The van der Waals surface area contributed by atoms with Gasteiger partial charge in [-0.1, -0.05) is 30.3 Å². The molecule has 0 radical (unpaired) electrons. The lowest BCUT2D eigenvalue weighted by atomic mass is 10.1. The third-order valence-corrected chi connectivity index (χ3v) is 6.28. The number of ketones is 1. The number of hydrogen-bond acceptors (Lipinski definition) is 4. The highest BCUT2D eigenvalue weighted by Crippen LogP contribution is 2.28. The monoisotopic (exact) mass is 412 g/mol. The molecule has 29 heavy (non-hydrogen) atoms. The number of carbonyl (C=O) groups excluding carboxylic acids is 1. The molecule has 0 fully saturated rings. The van der Waals surface area contributed by atoms with Gasteiger partial charge < -0.3 is 9.30 Å². The van der Waals surface area contributed by atoms with Gasteiger partial charge in [-0.2, -0.15) is 0 Å². The van der Waals surface area contributed by atoms with Crippen LogP contribution in [-0.2, 0) is 23.5 Å². The summed E-state index contributed by atoms with van der Waals surface area (Å²) in [4.78, 5) is 13.0. The fourth-order valence-electron chi connectivity index (χ4n) is 3.51. The number of hydrogen-bond donors (Lipinski definition) is 1. The number of sulfonamides is 1. The predicted octanol–water partition coefficient (Wildman–Crippen LogP) is 3.15. The Bertz CT molecular complexity index is 1120. The smallest absolute Gasteiger partial charge is 0.216 e. The first-order valence-electron chi connectivity index (χ1n) is 9.13. The first-order valence-corrected chi connectivity index (χ1v) is 10.7. The van der Waals surface area contributed by atoms with Crippen molar-refractivity contribution in [3.8, 4) is 5.75 Å². The molecule has 0 spiro atoms. The Hall–Kier alpha value is -2.90. The molecule has 3 aromatic rings. The van der Waals surface area contributed by atoms with E-state index in [1.54, 1.807) is 67.3 Å². The SMILES string of the molecule is COc1ccc(C(=O)c2c(C)cc(CC(c3ccccc3)S(N)(=O)=O)n2C)cc1. The van der Waals surface area contributed by atoms with Crippen molar-refractivity contribution < 1.29 is 17.9 Å². The Morgan fingerprint density at radius 1 is 1.10 bits per heavy atom. The number of benzene rings is 2. The molecule has 1 heterocycles. The molecule has 6 nitrogen and oxygen atoms in total. The van der Waals surface area contributed by atoms with Crippen molar-refractivity contribution in [2.45, 2.75) is 18.6 Å². The first kappa shape index (κ1) is 20.8. The predicted molar refractivity (Wildman–Crippen MR) is 113 cm³/mol. The van der Waals surface area contributed by atoms with E-state index in [1.807, 2.05) is 19.1 Å². The quantitative estimate of drug-likeness (QED) is 0.604. The molecule has 1 atom stereocenters. The third-order valence-electron chi connectivity index (χ3n) is 5.05. The number of nitrogens with zero attached hydrogens (tertiary/aromatic N) is 1. The summed E-state index contributed by atoms with van der Waals surface area (Å²) in [7, 11) is -0.492. The van der Waals surface area contributed by atoms with Crippen molar-refractivity contribution in [2.75, 3.05) is 7.11 Å². The van der Waals surface area contributed by atoms with Crippen LogP contribution in [0.4, 0.5) is 0 Å². The van der Waals surface area contributed by atoms with Crippen molar-refractivity contribution in [3.63, 3.8) is 0 Å². The third kappa shape index (κ3) is 4.41. The van der Waals surface area contributed by atoms with Crippen molar-refractivity contribution >= 4 is 15.8 Å². The second-order valence-electron chi connectivity index (χ2n) is 6.98. The molecule has 2 N–H and O–H groups in total. The van der Waals surface area contributed by atoms with Crippen molar-refractivity contribution in [3.05, 3.63) is 88.7 Å². The Morgan fingerprint density at radius 3 is 2.28 bits per heavy atom. The van der Waals surface area contributed by atoms with Crippen LogP contribution in [-0.4, -0.2) is 25.9 Å². The van der Waals surface area contributed by atoms with Crippen molar-refractivity contribution in [1.29, 1.82) is 0 Å². The number of aromatic nitrogens is 1. The van der Waals surface area contributed by atoms with Crippen LogP contribution < -0.4 is 9.88 Å². The molecule has 0 amide bonds. The number of carbonyl (C=O) groups is 1. The van der Waals surface area contributed by atoms with Gasteiger partial charge in [0.05, 0.1) is 12.8 Å². The number of nitrogens with two attached hydrogens (primary N) is 1. The summed E-state index contributed by atoms with van der Waals surface area (Å²) in [6.45, 7) is 1.84. The van der Waals surface area contributed by atoms with Gasteiger partial charge in [0.15, 0.2) is 0 Å². The number of methoxy groups -OCH3 is 1. The molecule has 1 unspecified atom stereocenters. The average molecular weight is 413 g/mol. The first-order chi connectivity index (χ1) is 13.7. The maximum absolute atomic E-state index is 13.0. The van der Waals surface area contributed by atoms with Gasteiger partial charge in [-0.25, -0.2) is 13.6 Å². The summed E-state index contributed by atoms with van der Waals surface area (Å²) in [5.41, 5.74) is 3.18. The van der Waals surface area contributed by atoms with E-state index >= 15 is 0 Å². The highest BCUT2D eigenvalue weighted by atomic mass is 32.2. The van der Waals surface area contributed by atoms with E-state index in [-0.39, 0.29) is 12.2 Å². The maximum atomic E-state index is 13.0. The highest BCUT2D eigenvalue weighted by Gasteiger charge is 2.27. The highest BCUT2D eigenvalue weighted by molar-refractivity contribution is 7.89. The molecular formula is C22H24N2O4S. The average Bonchev–Trinajstić information content (AvgIpc) is 2.98. The van der Waals surface area contributed by atoms with E-state index in [1.165, 1.54) is 0 Å². The zero-order chi connectivity index (χ0) is 21.2. The van der Waals surface area contributed by atoms with Crippen LogP contribution in [0.1, 0.15) is 38.1 Å². The number of primary sulfonamides is 1. The molecule has 3 rings (SSSR count). The second-order valence-corrected chi connectivity index (χ2v) is 8.72. The van der Waals surface area contributed by atoms with Crippen LogP contribution in [0.5, 0.6) is 5.75 Å². The summed E-state index contributed by atoms with van der Waals surface area (Å²) in [6, 6.07) is 17.6. The van der Waals surface area contributed by atoms with Gasteiger partial charge in [0.1, 0.15) is 11.0 Å². The van der Waals surface area contributed by atoms with E-state index in [9.17, 15) is 13.2 Å². The summed E-state index contributed by atoms with van der Waals surface area (Å²) < 4.78 is 31.4. The van der Waals surface area contributed by atoms with Gasteiger partial charge in [0.25, 0.3) is 0 Å². The minimum atomic E-state index is -3.83. The minimum Gasteiger partial charge on any atom is -0.497 e. The lowest BCUT2D eigenvalue weighted by molar-refractivity contribution is 0.103. The Balaban J connectivity index is 1.97. The second kappa shape index (κ2) is 8.23. The number of aryl methyl sites for hydroxylation is 1. The summed E-state index contributed by atoms with van der Waals surface area (Å²) >= 11 is 0. The minimum absolute atomic E-state index is 0.134. The molecule has 152 valence electrons. The van der Waals surface area contributed by atoms with E-state index in [2.05, 4.69) is 0 Å². The largest absolute Gasteiger partial charge is 0.497 e. The van der Waals surface area contributed by atoms with Gasteiger partial charge in [-0.05, 0) is 48.4 Å². The Labute approximate surface area is 171 Å². The molecule has 0 aliphatic heterocycles. The standard InChI is InChI=1S/C22H24N2O4S/c1-15-13-18(14-20(29(23,26)27)16-7-5-4-6-8-16)24(2)21(15)22(25)17-9-11-19(28-3)12-10-17/h4-13,20H,14H2,1-3H3,(H2,23,26,27). The van der Waals surface area contributed by atoms with E-state index in [4.69, 9.17) is 9.88 Å². The summed E-state index contributed by atoms with van der Waals surface area (Å²) in [5.74, 6) is 0.537. The normalized spacial score (nSPS) is 12.6. The van der Waals surface area contributed by atoms with E-state index < -0.39 is 15.3 Å². The molecule has 1 aromatic heterocycles. The molecule has 0 aliphatic rings. The van der Waals surface area contributed by atoms with Crippen LogP contribution in [0.3, 0.4) is 0 Å². The zero-order valence-electron chi connectivity index (χ0n) is 16.6. The van der Waals surface area contributed by atoms with Gasteiger partial charge >= 0.3 is 0 Å². The van der Waals surface area contributed by atoms with Crippen LogP contribution in [0.15, 0.2) is 60.7 Å². The zero-order valence-corrected chi connectivity index (χ0v) is 17.4. The Kier molecular flexibility index (Phi) is 5.91. The maximum Gasteiger partial charge on any atom is 0.216 e. The molecule has 2 aromatic carbocycles. The van der Waals surface area contributed by atoms with E-state index in [0.717, 1.165) is 11.3 Å². The van der Waals surface area contributed by atoms with Crippen LogP contribution >= 0.6 is 0 Å². The summed E-state index contributed by atoms with van der Waals surface area (Å²) in [6.07, 6.45) is 0.177. The molecule has 0 bridgehead atoms. The van der Waals surface area contributed by atoms with Gasteiger partial charge in [0, 0.05) is 24.7 Å². The lowest BCUT2D eigenvalue weighted by Gasteiger charge is -2.16. The van der Waals surface area contributed by atoms with Gasteiger partial charge in [-0.3, -0.25) is 4.79 Å². The molecule has 7 heteroatoms. The van der Waals surface area contributed by atoms with Gasteiger partial charge in [0.2, 0.25) is 15.8 Å². The fraction of sp³-hybridized carbons (Fsp3) is 0.227. The van der Waals surface area contributed by atoms with Crippen molar-refractivity contribution in [2.24, 2.45) is 12.2 Å². The fourth-order valence-corrected chi connectivity index (χ4v) is 4.45. The topological polar surface area (TPSA) is 91.4 Å². The number of rotatable bonds is 7. The number of ether oxygens (including phenoxy) is 1. The Morgan fingerprint density at radius 2 is 1.72 bits per heavy atom. The molecule has 0 saturated carbocycles. The lowest BCUT2D eigenvalue weighted by Crippen LogP contribution is -2.24. The van der Waals surface area contributed by atoms with Crippen LogP contribution in [0, 0.1) is 6.92 Å². The van der Waals surface area contributed by atoms with Gasteiger partial charge in [-0.15, -0.1) is 0 Å². The van der Waals surface area contributed by atoms with E-state index in [0.29, 0.717) is 22.6 Å². The molecule has 0 saturated heterocycles.